The van der Waals surface area contributed by atoms with Crippen LogP contribution in [0.2, 0.25) is 0 Å². The molecule has 1 aliphatic carbocycles. The van der Waals surface area contributed by atoms with Crippen LogP contribution in [0, 0.1) is 11.3 Å². The third kappa shape index (κ3) is 2.33. The van der Waals surface area contributed by atoms with Crippen molar-refractivity contribution < 1.29 is 4.74 Å². The maximum absolute atomic E-state index is 8.84. The minimum atomic E-state index is -0.00872. The molecule has 1 aromatic rings. The zero-order chi connectivity index (χ0) is 11.8. The molecule has 0 amide bonds. The molecule has 0 atom stereocenters. The van der Waals surface area contributed by atoms with Gasteiger partial charge in [-0.05, 0) is 18.3 Å². The number of aromatic nitrogens is 1. The van der Waals surface area contributed by atoms with E-state index >= 15 is 0 Å². The Hall–Kier alpha value is -1.56. The Balaban J connectivity index is 2.38. The van der Waals surface area contributed by atoms with Crippen LogP contribution in [-0.2, 0) is 5.41 Å². The lowest BCUT2D eigenvalue weighted by Gasteiger charge is -2.22. The van der Waals surface area contributed by atoms with E-state index in [0.29, 0.717) is 11.8 Å². The molecule has 1 saturated carbocycles. The maximum atomic E-state index is 8.84. The Morgan fingerprint density at radius 1 is 1.44 bits per heavy atom. The largest absolute Gasteiger partial charge is 0.490 e. The van der Waals surface area contributed by atoms with Crippen molar-refractivity contribution in [1.29, 1.82) is 5.26 Å². The highest BCUT2D eigenvalue weighted by Gasteiger charge is 2.27. The van der Waals surface area contributed by atoms with Crippen molar-refractivity contribution in [2.45, 2.75) is 45.1 Å². The topological polar surface area (TPSA) is 45.9 Å². The molecule has 0 aromatic carbocycles. The highest BCUT2D eigenvalue weighted by molar-refractivity contribution is 5.41. The second-order valence-corrected chi connectivity index (χ2v) is 5.24. The number of hydrogen-bond donors (Lipinski definition) is 0. The quantitative estimate of drug-likeness (QED) is 0.763. The summed E-state index contributed by atoms with van der Waals surface area (Å²) in [5.41, 5.74) is 1.48. The molecular formula is C13H16N2O. The van der Waals surface area contributed by atoms with E-state index in [4.69, 9.17) is 10.00 Å². The van der Waals surface area contributed by atoms with E-state index in [0.717, 1.165) is 24.2 Å². The van der Waals surface area contributed by atoms with E-state index in [1.54, 1.807) is 12.3 Å². The lowest BCUT2D eigenvalue weighted by Crippen LogP contribution is -2.15. The number of nitrogens with zero attached hydrogens (tertiary/aromatic N) is 2. The van der Waals surface area contributed by atoms with E-state index in [1.807, 2.05) is 6.07 Å². The molecule has 3 nitrogen and oxygen atoms in total. The smallest absolute Gasteiger partial charge is 0.144 e. The summed E-state index contributed by atoms with van der Waals surface area (Å²) in [5, 5.41) is 8.84. The molecule has 2 rings (SSSR count). The summed E-state index contributed by atoms with van der Waals surface area (Å²) in [5.74, 6) is 0.821. The molecular weight excluding hydrogens is 200 g/mol. The van der Waals surface area contributed by atoms with Gasteiger partial charge in [-0.1, -0.05) is 20.8 Å². The predicted octanol–water partition coefficient (Wildman–Crippen LogP) is 2.79. The number of hydrogen-bond acceptors (Lipinski definition) is 3. The molecule has 1 aromatic heterocycles. The van der Waals surface area contributed by atoms with Crippen LogP contribution in [0.15, 0.2) is 12.3 Å². The van der Waals surface area contributed by atoms with Crippen LogP contribution in [0.1, 0.15) is 44.9 Å². The number of pyridine rings is 1. The second-order valence-electron chi connectivity index (χ2n) is 5.24. The zero-order valence-corrected chi connectivity index (χ0v) is 9.95. The monoisotopic (exact) mass is 216 g/mol. The van der Waals surface area contributed by atoms with E-state index in [-0.39, 0.29) is 5.41 Å². The minimum Gasteiger partial charge on any atom is -0.490 e. The van der Waals surface area contributed by atoms with Gasteiger partial charge in [0, 0.05) is 17.8 Å². The van der Waals surface area contributed by atoms with Gasteiger partial charge in [0.15, 0.2) is 0 Å². The van der Waals surface area contributed by atoms with Gasteiger partial charge in [0.05, 0.1) is 6.10 Å². The van der Waals surface area contributed by atoms with Gasteiger partial charge in [-0.25, -0.2) is 4.98 Å². The molecule has 0 N–H and O–H groups in total. The van der Waals surface area contributed by atoms with Crippen molar-refractivity contribution in [2.75, 3.05) is 0 Å². The van der Waals surface area contributed by atoms with Gasteiger partial charge in [-0.15, -0.1) is 0 Å². The first-order chi connectivity index (χ1) is 7.50. The maximum Gasteiger partial charge on any atom is 0.144 e. The summed E-state index contributed by atoms with van der Waals surface area (Å²) in [6.45, 7) is 6.36. The Labute approximate surface area is 96.1 Å². The first-order valence-corrected chi connectivity index (χ1v) is 5.58. The highest BCUT2D eigenvalue weighted by Crippen LogP contribution is 2.35. The summed E-state index contributed by atoms with van der Waals surface area (Å²) in [4.78, 5) is 4.11. The molecule has 84 valence electrons. The zero-order valence-electron chi connectivity index (χ0n) is 9.95. The molecule has 0 aliphatic heterocycles. The van der Waals surface area contributed by atoms with Crippen molar-refractivity contribution in [3.05, 3.63) is 23.5 Å². The standard InChI is InChI=1S/C13H16N2O/c1-13(2,3)11-8-15-9(7-14)6-12(11)16-10-4-5-10/h6,8,10H,4-5H2,1-3H3. The van der Waals surface area contributed by atoms with Gasteiger partial charge in [0.25, 0.3) is 0 Å². The fourth-order valence-corrected chi connectivity index (χ4v) is 1.52. The molecule has 0 spiro atoms. The summed E-state index contributed by atoms with van der Waals surface area (Å²) >= 11 is 0. The molecule has 16 heavy (non-hydrogen) atoms. The molecule has 0 radical (unpaired) electrons. The van der Waals surface area contributed by atoms with Crippen LogP contribution < -0.4 is 4.74 Å². The average Bonchev–Trinajstić information content (AvgIpc) is 3.00. The van der Waals surface area contributed by atoms with Crippen molar-refractivity contribution >= 4 is 0 Å². The van der Waals surface area contributed by atoms with Gasteiger partial charge in [0.1, 0.15) is 17.5 Å². The lowest BCUT2D eigenvalue weighted by molar-refractivity contribution is 0.294. The Morgan fingerprint density at radius 2 is 2.12 bits per heavy atom. The molecule has 1 aliphatic rings. The third-order valence-electron chi connectivity index (χ3n) is 2.61. The Bertz CT molecular complexity index is 436. The van der Waals surface area contributed by atoms with Crippen molar-refractivity contribution in [3.63, 3.8) is 0 Å². The van der Waals surface area contributed by atoms with Gasteiger partial charge >= 0.3 is 0 Å². The summed E-state index contributed by atoms with van der Waals surface area (Å²) in [7, 11) is 0. The highest BCUT2D eigenvalue weighted by atomic mass is 16.5. The Kier molecular flexibility index (Phi) is 2.59. The summed E-state index contributed by atoms with van der Waals surface area (Å²) < 4.78 is 5.83. The second kappa shape index (κ2) is 3.79. The van der Waals surface area contributed by atoms with E-state index in [9.17, 15) is 0 Å². The molecule has 0 unspecified atom stereocenters. The van der Waals surface area contributed by atoms with Crippen molar-refractivity contribution in [2.24, 2.45) is 0 Å². The Morgan fingerprint density at radius 3 is 2.62 bits per heavy atom. The van der Waals surface area contributed by atoms with E-state index in [2.05, 4.69) is 25.8 Å². The van der Waals surface area contributed by atoms with Gasteiger partial charge in [-0.2, -0.15) is 5.26 Å². The van der Waals surface area contributed by atoms with Crippen LogP contribution in [-0.4, -0.2) is 11.1 Å². The van der Waals surface area contributed by atoms with E-state index < -0.39 is 0 Å². The van der Waals surface area contributed by atoms with Gasteiger partial charge < -0.3 is 4.74 Å². The first-order valence-electron chi connectivity index (χ1n) is 5.58. The number of rotatable bonds is 2. The number of ether oxygens (including phenoxy) is 1. The van der Waals surface area contributed by atoms with E-state index in [1.165, 1.54) is 0 Å². The fourth-order valence-electron chi connectivity index (χ4n) is 1.52. The van der Waals surface area contributed by atoms with Crippen LogP contribution in [0.4, 0.5) is 0 Å². The third-order valence-corrected chi connectivity index (χ3v) is 2.61. The van der Waals surface area contributed by atoms with Crippen molar-refractivity contribution in [3.8, 4) is 11.8 Å². The molecule has 0 saturated heterocycles. The minimum absolute atomic E-state index is 0.00872. The molecule has 0 bridgehead atoms. The van der Waals surface area contributed by atoms with Gasteiger partial charge in [-0.3, -0.25) is 0 Å². The van der Waals surface area contributed by atoms with Crippen LogP contribution in [0.25, 0.3) is 0 Å². The predicted molar refractivity (Wildman–Crippen MR) is 61.3 cm³/mol. The lowest BCUT2D eigenvalue weighted by atomic mass is 9.87. The van der Waals surface area contributed by atoms with Crippen molar-refractivity contribution in [1.82, 2.24) is 4.98 Å². The number of nitriles is 1. The van der Waals surface area contributed by atoms with Crippen LogP contribution in [0.5, 0.6) is 5.75 Å². The fraction of sp³-hybridized carbons (Fsp3) is 0.538. The molecule has 3 heteroatoms. The van der Waals surface area contributed by atoms with Crippen LogP contribution >= 0.6 is 0 Å². The summed E-state index contributed by atoms with van der Waals surface area (Å²) in [6.07, 6.45) is 4.34. The van der Waals surface area contributed by atoms with Crippen LogP contribution in [0.3, 0.4) is 0 Å². The normalized spacial score (nSPS) is 15.6. The molecule has 1 heterocycles. The SMILES string of the molecule is CC(C)(C)c1cnc(C#N)cc1OC1CC1. The molecule has 1 fully saturated rings. The average molecular weight is 216 g/mol. The van der Waals surface area contributed by atoms with Gasteiger partial charge in [0.2, 0.25) is 0 Å². The summed E-state index contributed by atoms with van der Waals surface area (Å²) in [6, 6.07) is 3.80. The first kappa shape index (κ1) is 10.9.